The Morgan fingerprint density at radius 2 is 2.10 bits per heavy atom. The number of rotatable bonds is 5. The van der Waals surface area contributed by atoms with E-state index in [1.54, 1.807) is 13.2 Å². The van der Waals surface area contributed by atoms with Gasteiger partial charge in [0.15, 0.2) is 0 Å². The molecule has 2 atom stereocenters. The van der Waals surface area contributed by atoms with Crippen molar-refractivity contribution in [2.45, 2.75) is 37.9 Å². The van der Waals surface area contributed by atoms with Crippen molar-refractivity contribution in [1.82, 2.24) is 0 Å². The van der Waals surface area contributed by atoms with Crippen LogP contribution in [0, 0.1) is 10.1 Å². The fourth-order valence-electron chi connectivity index (χ4n) is 2.46. The number of nitrogen functional groups attached to an aromatic ring is 1. The molecule has 1 aromatic carbocycles. The van der Waals surface area contributed by atoms with Crippen molar-refractivity contribution in [2.75, 3.05) is 12.5 Å². The summed E-state index contributed by atoms with van der Waals surface area (Å²) in [6.07, 6.45) is 3.99. The third-order valence-electron chi connectivity index (χ3n) is 3.48. The molecule has 0 saturated heterocycles. The maximum absolute atomic E-state index is 10.9. The Kier molecular flexibility index (Phi) is 4.75. The van der Waals surface area contributed by atoms with Crippen LogP contribution < -0.4 is 16.0 Å². The maximum Gasteiger partial charge on any atom is 0.275 e. The van der Waals surface area contributed by atoms with Crippen molar-refractivity contribution in [3.63, 3.8) is 0 Å². The Balaban J connectivity index is 2.11. The van der Waals surface area contributed by atoms with Gasteiger partial charge in [-0.15, -0.1) is 0 Å². The van der Waals surface area contributed by atoms with Crippen LogP contribution in [0.25, 0.3) is 0 Å². The zero-order chi connectivity index (χ0) is 14.5. The summed E-state index contributed by atoms with van der Waals surface area (Å²) in [5, 5.41) is 10.9. The van der Waals surface area contributed by atoms with Crippen LogP contribution in [0.15, 0.2) is 18.2 Å². The average Bonchev–Trinajstić information content (AvgIpc) is 2.47. The summed E-state index contributed by atoms with van der Waals surface area (Å²) in [4.78, 5) is 10.4. The van der Waals surface area contributed by atoms with Gasteiger partial charge in [-0.2, -0.15) is 0 Å². The smallest absolute Gasteiger partial charge is 0.275 e. The average molecular weight is 281 g/mol. The molecule has 20 heavy (non-hydrogen) atoms. The maximum atomic E-state index is 10.9. The van der Waals surface area contributed by atoms with Crippen LogP contribution in [0.1, 0.15) is 25.7 Å². The highest BCUT2D eigenvalue weighted by molar-refractivity contribution is 5.55. The SMILES string of the molecule is COC1CCCC(Oc2cc(NN)cc([N+](=O)[O-])c2)C1. The van der Waals surface area contributed by atoms with E-state index in [0.29, 0.717) is 11.4 Å². The number of nitrogens with zero attached hydrogens (tertiary/aromatic N) is 1. The Bertz CT molecular complexity index is 481. The van der Waals surface area contributed by atoms with E-state index in [1.807, 2.05) is 0 Å². The quantitative estimate of drug-likeness (QED) is 0.487. The molecule has 1 aromatic rings. The van der Waals surface area contributed by atoms with Crippen molar-refractivity contribution < 1.29 is 14.4 Å². The Morgan fingerprint density at radius 3 is 2.75 bits per heavy atom. The Morgan fingerprint density at radius 1 is 1.35 bits per heavy atom. The molecule has 110 valence electrons. The highest BCUT2D eigenvalue weighted by Crippen LogP contribution is 2.29. The van der Waals surface area contributed by atoms with Crippen molar-refractivity contribution in [3.05, 3.63) is 28.3 Å². The molecule has 1 aliphatic carbocycles. The highest BCUT2D eigenvalue weighted by Gasteiger charge is 2.23. The molecular formula is C13H19N3O4. The van der Waals surface area contributed by atoms with Crippen molar-refractivity contribution in [1.29, 1.82) is 0 Å². The summed E-state index contributed by atoms with van der Waals surface area (Å²) in [5.74, 6) is 5.77. The number of methoxy groups -OCH3 is 1. The van der Waals surface area contributed by atoms with Gasteiger partial charge >= 0.3 is 0 Å². The Hall–Kier alpha value is -1.86. The molecule has 1 aliphatic rings. The van der Waals surface area contributed by atoms with Crippen LogP contribution in [0.4, 0.5) is 11.4 Å². The van der Waals surface area contributed by atoms with Crippen LogP contribution in [0.2, 0.25) is 0 Å². The lowest BCUT2D eigenvalue weighted by Gasteiger charge is -2.28. The summed E-state index contributed by atoms with van der Waals surface area (Å²) in [6.45, 7) is 0. The number of nitrogens with one attached hydrogen (secondary N) is 1. The lowest BCUT2D eigenvalue weighted by atomic mass is 9.95. The molecular weight excluding hydrogens is 262 g/mol. The van der Waals surface area contributed by atoms with E-state index in [-0.39, 0.29) is 17.9 Å². The predicted octanol–water partition coefficient (Wildman–Crippen LogP) is 2.22. The fourth-order valence-corrected chi connectivity index (χ4v) is 2.46. The number of non-ortho nitro benzene ring substituents is 1. The summed E-state index contributed by atoms with van der Waals surface area (Å²) >= 11 is 0. The van der Waals surface area contributed by atoms with E-state index in [4.69, 9.17) is 15.3 Å². The molecule has 0 aromatic heterocycles. The molecule has 0 aliphatic heterocycles. The molecule has 7 nitrogen and oxygen atoms in total. The van der Waals surface area contributed by atoms with Crippen molar-refractivity contribution in [2.24, 2.45) is 5.84 Å². The van der Waals surface area contributed by atoms with Crippen molar-refractivity contribution >= 4 is 11.4 Å². The number of hydrogen-bond donors (Lipinski definition) is 2. The van der Waals surface area contributed by atoms with Gasteiger partial charge in [0.2, 0.25) is 0 Å². The molecule has 2 unspecified atom stereocenters. The number of nitrogens with two attached hydrogens (primary N) is 1. The minimum Gasteiger partial charge on any atom is -0.490 e. The zero-order valence-corrected chi connectivity index (χ0v) is 11.4. The fraction of sp³-hybridized carbons (Fsp3) is 0.538. The first-order valence-electron chi connectivity index (χ1n) is 6.58. The van der Waals surface area contributed by atoms with Crippen LogP contribution in [-0.4, -0.2) is 24.2 Å². The minimum atomic E-state index is -0.466. The zero-order valence-electron chi connectivity index (χ0n) is 11.4. The molecule has 0 radical (unpaired) electrons. The number of anilines is 1. The number of hydrazine groups is 1. The van der Waals surface area contributed by atoms with Crippen molar-refractivity contribution in [3.8, 4) is 5.75 Å². The lowest BCUT2D eigenvalue weighted by molar-refractivity contribution is -0.384. The molecule has 2 rings (SSSR count). The summed E-state index contributed by atoms with van der Waals surface area (Å²) in [7, 11) is 1.69. The van der Waals surface area contributed by atoms with E-state index >= 15 is 0 Å². The molecule has 0 amide bonds. The topological polar surface area (TPSA) is 99.7 Å². The number of ether oxygens (including phenoxy) is 2. The standard InChI is InChI=1S/C13H19N3O4/c1-19-11-3-2-4-12(8-11)20-13-6-9(15-14)5-10(7-13)16(17)18/h5-7,11-12,15H,2-4,8,14H2,1H3. The van der Waals surface area contributed by atoms with Gasteiger partial charge in [-0.1, -0.05) is 0 Å². The summed E-state index contributed by atoms with van der Waals surface area (Å²) < 4.78 is 11.2. The van der Waals surface area contributed by atoms with Crippen LogP contribution in [-0.2, 0) is 4.74 Å². The largest absolute Gasteiger partial charge is 0.490 e. The normalized spacial score (nSPS) is 22.3. The summed E-state index contributed by atoms with van der Waals surface area (Å²) in [6, 6.07) is 4.44. The van der Waals surface area contributed by atoms with Gasteiger partial charge in [0, 0.05) is 25.7 Å². The number of hydrogen-bond acceptors (Lipinski definition) is 6. The molecule has 0 heterocycles. The second-order valence-electron chi connectivity index (χ2n) is 4.88. The van der Waals surface area contributed by atoms with Crippen LogP contribution in [0.3, 0.4) is 0 Å². The van der Waals surface area contributed by atoms with E-state index in [0.717, 1.165) is 25.7 Å². The van der Waals surface area contributed by atoms with Gasteiger partial charge in [-0.3, -0.25) is 16.0 Å². The first kappa shape index (κ1) is 14.5. The third kappa shape index (κ3) is 3.58. The molecule has 3 N–H and O–H groups in total. The Labute approximate surface area is 117 Å². The first-order chi connectivity index (χ1) is 9.62. The molecule has 1 saturated carbocycles. The second kappa shape index (κ2) is 6.53. The first-order valence-corrected chi connectivity index (χ1v) is 6.58. The van der Waals surface area contributed by atoms with E-state index in [9.17, 15) is 10.1 Å². The monoisotopic (exact) mass is 281 g/mol. The molecule has 0 bridgehead atoms. The summed E-state index contributed by atoms with van der Waals surface area (Å²) in [5.41, 5.74) is 2.82. The van der Waals surface area contributed by atoms with Gasteiger partial charge in [-0.05, 0) is 19.3 Å². The van der Waals surface area contributed by atoms with Gasteiger partial charge in [0.25, 0.3) is 5.69 Å². The predicted molar refractivity (Wildman–Crippen MR) is 74.6 cm³/mol. The third-order valence-corrected chi connectivity index (χ3v) is 3.48. The number of nitro groups is 1. The van der Waals surface area contributed by atoms with E-state index in [1.165, 1.54) is 12.1 Å². The molecule has 7 heteroatoms. The van der Waals surface area contributed by atoms with Crippen LogP contribution in [0.5, 0.6) is 5.75 Å². The van der Waals surface area contributed by atoms with E-state index in [2.05, 4.69) is 5.43 Å². The minimum absolute atomic E-state index is 0.0151. The highest BCUT2D eigenvalue weighted by atomic mass is 16.6. The van der Waals surface area contributed by atoms with Gasteiger partial charge in [0.05, 0.1) is 22.8 Å². The number of nitro benzene ring substituents is 1. The molecule has 1 fully saturated rings. The number of benzene rings is 1. The van der Waals surface area contributed by atoms with Gasteiger partial charge in [0.1, 0.15) is 11.9 Å². The van der Waals surface area contributed by atoms with Crippen LogP contribution >= 0.6 is 0 Å². The second-order valence-corrected chi connectivity index (χ2v) is 4.88. The van der Waals surface area contributed by atoms with Gasteiger partial charge in [-0.25, -0.2) is 0 Å². The molecule has 0 spiro atoms. The van der Waals surface area contributed by atoms with Gasteiger partial charge < -0.3 is 14.9 Å². The lowest BCUT2D eigenvalue weighted by Crippen LogP contribution is -2.29. The van der Waals surface area contributed by atoms with E-state index < -0.39 is 4.92 Å².